The Labute approximate surface area is 195 Å². The molecule has 4 rings (SSSR count). The molecule has 0 aromatic heterocycles. The zero-order valence-corrected chi connectivity index (χ0v) is 19.7. The lowest BCUT2D eigenvalue weighted by Gasteiger charge is -2.15. The lowest BCUT2D eigenvalue weighted by molar-refractivity contribution is -0.123. The number of ether oxygens (including phenoxy) is 1. The second kappa shape index (κ2) is 8.89. The van der Waals surface area contributed by atoms with Crippen LogP contribution in [0.4, 0.5) is 0 Å². The molecule has 1 N–H and O–H groups in total. The van der Waals surface area contributed by atoms with Crippen molar-refractivity contribution in [3.05, 3.63) is 62.0 Å². The number of halogens is 3. The van der Waals surface area contributed by atoms with Crippen molar-refractivity contribution in [2.75, 3.05) is 0 Å². The van der Waals surface area contributed by atoms with Crippen molar-refractivity contribution in [1.29, 1.82) is 0 Å². The maximum Gasteiger partial charge on any atom is 0.244 e. The number of hydrogen-bond acceptors (Lipinski definition) is 3. The highest BCUT2D eigenvalue weighted by atomic mass is 79.9. The summed E-state index contributed by atoms with van der Waals surface area (Å²) in [5.74, 6) is 1.37. The van der Waals surface area contributed by atoms with Crippen molar-refractivity contribution in [2.24, 2.45) is 22.4 Å². The van der Waals surface area contributed by atoms with Gasteiger partial charge in [0.25, 0.3) is 0 Å². The number of fused-ring (bicyclic) bond motifs is 1. The Hall–Kier alpha value is -1.56. The molecule has 0 unspecified atom stereocenters. The van der Waals surface area contributed by atoms with Crippen molar-refractivity contribution < 1.29 is 9.53 Å². The molecule has 0 radical (unpaired) electrons. The average molecular weight is 510 g/mol. The minimum atomic E-state index is 0.0412. The van der Waals surface area contributed by atoms with E-state index in [2.05, 4.69) is 33.4 Å². The zero-order valence-electron chi connectivity index (χ0n) is 16.6. The summed E-state index contributed by atoms with van der Waals surface area (Å²) in [7, 11) is 0. The second-order valence-corrected chi connectivity index (χ2v) is 9.98. The number of nitrogens with zero attached hydrogens (tertiary/aromatic N) is 1. The van der Waals surface area contributed by atoms with Gasteiger partial charge in [-0.15, -0.1) is 0 Å². The molecule has 0 bridgehead atoms. The van der Waals surface area contributed by atoms with Crippen LogP contribution < -0.4 is 10.2 Å². The van der Waals surface area contributed by atoms with Gasteiger partial charge in [0.05, 0.1) is 10.7 Å². The summed E-state index contributed by atoms with van der Waals surface area (Å²) in [5, 5.41) is 5.32. The van der Waals surface area contributed by atoms with Crippen LogP contribution >= 0.6 is 39.1 Å². The van der Waals surface area contributed by atoms with Gasteiger partial charge in [-0.3, -0.25) is 4.79 Å². The van der Waals surface area contributed by atoms with Gasteiger partial charge in [0.1, 0.15) is 12.4 Å². The van der Waals surface area contributed by atoms with Crippen LogP contribution in [0.15, 0.2) is 46.0 Å². The van der Waals surface area contributed by atoms with Gasteiger partial charge in [-0.05, 0) is 76.0 Å². The molecule has 4 nitrogen and oxygen atoms in total. The van der Waals surface area contributed by atoms with Crippen LogP contribution in [0, 0.1) is 17.3 Å². The standard InChI is InChI=1S/C23H23BrCl2N2O2/c1-23-9-3-2-4-17(23)21(23)22(29)28-27-12-14-5-8-20(18(24)10-14)30-13-15-6-7-16(25)11-19(15)26/h5-8,10-12,17,21H,2-4,9,13H2,1H3,(H,28,29)/b27-12-/t17-,21+,23+/m1/s1. The minimum Gasteiger partial charge on any atom is -0.488 e. The number of nitrogens with one attached hydrogen (secondary N) is 1. The van der Waals surface area contributed by atoms with Crippen LogP contribution in [-0.4, -0.2) is 12.1 Å². The smallest absolute Gasteiger partial charge is 0.244 e. The van der Waals surface area contributed by atoms with Crippen LogP contribution in [0.25, 0.3) is 0 Å². The molecule has 158 valence electrons. The lowest BCUT2D eigenvalue weighted by atomic mass is 9.90. The zero-order chi connectivity index (χ0) is 21.3. The third kappa shape index (κ3) is 4.53. The molecule has 1 amide bonds. The SMILES string of the molecule is C[C@]12CCCC[C@@H]1[C@H]2C(=O)N/N=C\c1ccc(OCc2ccc(Cl)cc2Cl)c(Br)c1. The molecule has 0 aliphatic heterocycles. The Morgan fingerprint density at radius 3 is 2.83 bits per heavy atom. The Balaban J connectivity index is 1.32. The molecule has 30 heavy (non-hydrogen) atoms. The van der Waals surface area contributed by atoms with E-state index in [4.69, 9.17) is 27.9 Å². The fourth-order valence-electron chi connectivity index (χ4n) is 4.60. The summed E-state index contributed by atoms with van der Waals surface area (Å²) in [6, 6.07) is 11.0. The van der Waals surface area contributed by atoms with E-state index in [1.165, 1.54) is 12.8 Å². The first kappa shape index (κ1) is 21.7. The first-order chi connectivity index (χ1) is 14.4. The Kier molecular flexibility index (Phi) is 6.42. The topological polar surface area (TPSA) is 50.7 Å². The van der Waals surface area contributed by atoms with Gasteiger partial charge in [0, 0.05) is 21.5 Å². The fraction of sp³-hybridized carbons (Fsp3) is 0.391. The second-order valence-electron chi connectivity index (χ2n) is 8.28. The maximum atomic E-state index is 12.5. The highest BCUT2D eigenvalue weighted by molar-refractivity contribution is 9.10. The Morgan fingerprint density at radius 2 is 2.13 bits per heavy atom. The molecule has 0 saturated heterocycles. The van der Waals surface area contributed by atoms with E-state index in [1.54, 1.807) is 18.3 Å². The molecule has 0 heterocycles. The molecule has 7 heteroatoms. The fourth-order valence-corrected chi connectivity index (χ4v) is 5.57. The molecule has 0 spiro atoms. The summed E-state index contributed by atoms with van der Waals surface area (Å²) in [6.45, 7) is 2.57. The van der Waals surface area contributed by atoms with Crippen LogP contribution in [0.5, 0.6) is 5.75 Å². The molecule has 2 fully saturated rings. The monoisotopic (exact) mass is 508 g/mol. The third-order valence-corrected chi connectivity index (χ3v) is 7.56. The number of amides is 1. The molecular weight excluding hydrogens is 487 g/mol. The largest absolute Gasteiger partial charge is 0.488 e. The van der Waals surface area contributed by atoms with E-state index in [9.17, 15) is 4.79 Å². The highest BCUT2D eigenvalue weighted by Gasteiger charge is 2.64. The maximum absolute atomic E-state index is 12.5. The van der Waals surface area contributed by atoms with Gasteiger partial charge >= 0.3 is 0 Å². The van der Waals surface area contributed by atoms with Crippen LogP contribution in [0.1, 0.15) is 43.7 Å². The summed E-state index contributed by atoms with van der Waals surface area (Å²) >= 11 is 15.6. The molecule has 3 atom stereocenters. The van der Waals surface area contributed by atoms with Crippen LogP contribution in [0.3, 0.4) is 0 Å². The van der Waals surface area contributed by atoms with Crippen LogP contribution in [0.2, 0.25) is 10.0 Å². The van der Waals surface area contributed by atoms with Gasteiger partial charge in [0.15, 0.2) is 0 Å². The molecule has 2 aliphatic carbocycles. The number of hydrazone groups is 1. The van der Waals surface area contributed by atoms with Crippen molar-refractivity contribution in [3.63, 3.8) is 0 Å². The van der Waals surface area contributed by atoms with Gasteiger partial charge in [-0.2, -0.15) is 5.10 Å². The minimum absolute atomic E-state index is 0.0412. The van der Waals surface area contributed by atoms with Gasteiger partial charge < -0.3 is 4.74 Å². The van der Waals surface area contributed by atoms with E-state index in [1.807, 2.05) is 24.3 Å². The van der Waals surface area contributed by atoms with Gasteiger partial charge in [-0.25, -0.2) is 5.43 Å². The summed E-state index contributed by atoms with van der Waals surface area (Å²) in [4.78, 5) is 12.5. The number of hydrogen-bond donors (Lipinski definition) is 1. The van der Waals surface area contributed by atoms with Crippen molar-refractivity contribution in [2.45, 2.75) is 39.2 Å². The molecular formula is C23H23BrCl2N2O2. The van der Waals surface area contributed by atoms with E-state index >= 15 is 0 Å². The number of rotatable bonds is 6. The van der Waals surface area contributed by atoms with E-state index in [0.717, 1.165) is 28.4 Å². The average Bonchev–Trinajstić information content (AvgIpc) is 3.34. The van der Waals surface area contributed by atoms with E-state index in [0.29, 0.717) is 28.3 Å². The van der Waals surface area contributed by atoms with Crippen molar-refractivity contribution in [1.82, 2.24) is 5.43 Å². The number of carbonyl (C=O) groups excluding carboxylic acids is 1. The first-order valence-corrected chi connectivity index (χ1v) is 11.6. The van der Waals surface area contributed by atoms with Gasteiger partial charge in [0.2, 0.25) is 5.91 Å². The normalized spacial score (nSPS) is 25.1. The number of benzene rings is 2. The van der Waals surface area contributed by atoms with E-state index in [-0.39, 0.29) is 17.2 Å². The highest BCUT2D eigenvalue weighted by Crippen LogP contribution is 2.66. The Morgan fingerprint density at radius 1 is 1.30 bits per heavy atom. The molecule has 2 aromatic rings. The molecule has 2 aromatic carbocycles. The third-order valence-electron chi connectivity index (χ3n) is 6.36. The van der Waals surface area contributed by atoms with E-state index < -0.39 is 0 Å². The molecule has 2 aliphatic rings. The first-order valence-electron chi connectivity index (χ1n) is 10.1. The van der Waals surface area contributed by atoms with Crippen LogP contribution in [-0.2, 0) is 11.4 Å². The van der Waals surface area contributed by atoms with Crippen molar-refractivity contribution >= 4 is 51.3 Å². The van der Waals surface area contributed by atoms with Crippen molar-refractivity contribution in [3.8, 4) is 5.75 Å². The summed E-state index contributed by atoms with van der Waals surface area (Å²) < 4.78 is 6.65. The summed E-state index contributed by atoms with van der Waals surface area (Å²) in [6.07, 6.45) is 6.42. The number of carbonyl (C=O) groups is 1. The quantitative estimate of drug-likeness (QED) is 0.351. The van der Waals surface area contributed by atoms with Gasteiger partial charge in [-0.1, -0.05) is 49.0 Å². The predicted molar refractivity (Wildman–Crippen MR) is 124 cm³/mol. The lowest BCUT2D eigenvalue weighted by Crippen LogP contribution is -2.22. The molecule has 2 saturated carbocycles. The summed E-state index contributed by atoms with van der Waals surface area (Å²) in [5.41, 5.74) is 4.63. The predicted octanol–water partition coefficient (Wildman–Crippen LogP) is 6.61. The Bertz CT molecular complexity index is 997.